The Balaban J connectivity index is 0. The Hall–Kier alpha value is -0.310. The minimum Gasteiger partial charge on any atom is -0.274 e. The second-order valence-electron chi connectivity index (χ2n) is 0.823. The predicted octanol–water partition coefficient (Wildman–Crippen LogP) is -1.71. The van der Waals surface area contributed by atoms with E-state index in [9.17, 15) is 17.5 Å². The van der Waals surface area contributed by atoms with Gasteiger partial charge in [-0.05, 0) is 0 Å². The van der Waals surface area contributed by atoms with Gasteiger partial charge in [0.05, 0.1) is 0 Å². The Labute approximate surface area is 57.3 Å². The Kier molecular flexibility index (Phi) is 6.77. The van der Waals surface area contributed by atoms with Crippen molar-refractivity contribution < 1.29 is 22.1 Å². The highest BCUT2D eigenvalue weighted by molar-refractivity contribution is 7.87. The number of rotatable bonds is 2. The zero-order valence-corrected chi connectivity index (χ0v) is 6.30. The summed E-state index contributed by atoms with van der Waals surface area (Å²) in [5, 5.41) is 0. The molecule has 0 aromatic carbocycles. The van der Waals surface area contributed by atoms with Crippen LogP contribution < -0.4 is 16.2 Å². The topological polar surface area (TPSA) is 153 Å². The van der Waals surface area contributed by atoms with Crippen LogP contribution in [0.15, 0.2) is 0 Å². The SMILES string of the molecule is NN.O=P(=O)NS(=O)(=O)O. The third-order valence-corrected chi connectivity index (χ3v) is 1.71. The van der Waals surface area contributed by atoms with Crippen molar-refractivity contribution in [3.63, 3.8) is 0 Å². The molecule has 0 atom stereocenters. The van der Waals surface area contributed by atoms with Gasteiger partial charge in [-0.1, -0.05) is 4.49 Å². The fourth-order valence-electron chi connectivity index (χ4n) is 0.0942. The van der Waals surface area contributed by atoms with Gasteiger partial charge in [0, 0.05) is 0 Å². The van der Waals surface area contributed by atoms with Gasteiger partial charge in [-0.3, -0.25) is 16.2 Å². The molecule has 62 valence electrons. The van der Waals surface area contributed by atoms with E-state index in [1.165, 1.54) is 0 Å². The molecule has 0 aliphatic carbocycles. The smallest absolute Gasteiger partial charge is 0.274 e. The standard InChI is InChI=1S/H4N2.H2NO5PS/c1-2;2-7(3)1-8(4,5)6/h1-2H2;(H,1,2,3)(H,4,5,6). The molecule has 0 amide bonds. The fraction of sp³-hybridized carbons (Fsp3) is 0. The molecule has 8 nitrogen and oxygen atoms in total. The highest BCUT2D eigenvalue weighted by atomic mass is 32.2. The summed E-state index contributed by atoms with van der Waals surface area (Å²) in [7, 11) is -7.85. The number of nitrogens with two attached hydrogens (primary N) is 2. The Morgan fingerprint density at radius 1 is 1.30 bits per heavy atom. The summed E-state index contributed by atoms with van der Waals surface area (Å²) in [4.78, 5) is 0. The summed E-state index contributed by atoms with van der Waals surface area (Å²) in [5.41, 5.74) is 0. The van der Waals surface area contributed by atoms with Gasteiger partial charge >= 0.3 is 18.1 Å². The van der Waals surface area contributed by atoms with E-state index >= 15 is 0 Å². The van der Waals surface area contributed by atoms with Crippen LogP contribution in [0.1, 0.15) is 0 Å². The highest BCUT2D eigenvalue weighted by Gasteiger charge is 2.03. The van der Waals surface area contributed by atoms with Crippen LogP contribution in [0.2, 0.25) is 0 Å². The van der Waals surface area contributed by atoms with Gasteiger partial charge in [-0.25, -0.2) is 9.13 Å². The van der Waals surface area contributed by atoms with E-state index in [1.807, 2.05) is 0 Å². The molecule has 0 spiro atoms. The molecule has 0 bridgehead atoms. The monoisotopic (exact) mass is 191 g/mol. The summed E-state index contributed by atoms with van der Waals surface area (Å²) >= 11 is 0. The molecule has 0 unspecified atom stereocenters. The van der Waals surface area contributed by atoms with Crippen molar-refractivity contribution in [2.75, 3.05) is 0 Å². The minimum absolute atomic E-state index is 0.863. The minimum atomic E-state index is -4.57. The predicted molar refractivity (Wildman–Crippen MR) is 31.4 cm³/mol. The second kappa shape index (κ2) is 5.47. The number of hydrogen-bond donors (Lipinski definition) is 4. The molecule has 10 heteroatoms. The first kappa shape index (κ1) is 12.4. The lowest BCUT2D eigenvalue weighted by Gasteiger charge is -1.81. The van der Waals surface area contributed by atoms with Gasteiger partial charge < -0.3 is 0 Å². The molecule has 0 aliphatic heterocycles. The first-order valence-corrected chi connectivity index (χ1v) is 4.26. The molecule has 0 saturated heterocycles. The van der Waals surface area contributed by atoms with Crippen LogP contribution in [-0.4, -0.2) is 13.0 Å². The van der Waals surface area contributed by atoms with Crippen LogP contribution in [0.4, 0.5) is 0 Å². The van der Waals surface area contributed by atoms with Crippen molar-refractivity contribution in [1.82, 2.24) is 4.49 Å². The lowest BCUT2D eigenvalue weighted by molar-refractivity contribution is 0.472. The molecule has 0 saturated carbocycles. The first-order valence-electron chi connectivity index (χ1n) is 1.64. The maximum atomic E-state index is 9.50. The average molecular weight is 191 g/mol. The highest BCUT2D eigenvalue weighted by Crippen LogP contribution is 1.94. The second-order valence-corrected chi connectivity index (χ2v) is 3.02. The Bertz CT molecular complexity index is 217. The zero-order chi connectivity index (χ0) is 8.78. The van der Waals surface area contributed by atoms with E-state index in [-0.39, 0.29) is 0 Å². The molecule has 0 aromatic rings. The van der Waals surface area contributed by atoms with Crippen LogP contribution in [0, 0.1) is 0 Å². The van der Waals surface area contributed by atoms with Crippen LogP contribution in [0.25, 0.3) is 0 Å². The van der Waals surface area contributed by atoms with Crippen molar-refractivity contribution in [1.29, 1.82) is 0 Å². The van der Waals surface area contributed by atoms with Crippen molar-refractivity contribution in [3.8, 4) is 0 Å². The van der Waals surface area contributed by atoms with Gasteiger partial charge in [0.15, 0.2) is 0 Å². The number of hydrazine groups is 1. The zero-order valence-electron chi connectivity index (χ0n) is 4.59. The average Bonchev–Trinajstić information content (AvgIpc) is 1.64. The van der Waals surface area contributed by atoms with Crippen LogP contribution in [-0.2, 0) is 19.4 Å². The van der Waals surface area contributed by atoms with Crippen molar-refractivity contribution in [3.05, 3.63) is 0 Å². The van der Waals surface area contributed by atoms with Crippen LogP contribution in [0.5, 0.6) is 0 Å². The van der Waals surface area contributed by atoms with E-state index in [2.05, 4.69) is 11.7 Å². The maximum Gasteiger partial charge on any atom is 0.411 e. The molecular formula is H6N3O5PS. The molecule has 10 heavy (non-hydrogen) atoms. The summed E-state index contributed by atoms with van der Waals surface area (Å²) in [6.45, 7) is 0. The largest absolute Gasteiger partial charge is 0.411 e. The van der Waals surface area contributed by atoms with Crippen LogP contribution in [0.3, 0.4) is 0 Å². The van der Waals surface area contributed by atoms with E-state index in [0.717, 1.165) is 4.49 Å². The third-order valence-electron chi connectivity index (χ3n) is 0.190. The molecule has 0 fully saturated rings. The molecule has 0 radical (unpaired) electrons. The molecule has 6 N–H and O–H groups in total. The van der Waals surface area contributed by atoms with E-state index < -0.39 is 18.1 Å². The van der Waals surface area contributed by atoms with Gasteiger partial charge in [0.25, 0.3) is 0 Å². The van der Waals surface area contributed by atoms with Gasteiger partial charge in [-0.15, -0.1) is 0 Å². The van der Waals surface area contributed by atoms with E-state index in [0.29, 0.717) is 0 Å². The Morgan fingerprint density at radius 2 is 1.60 bits per heavy atom. The lowest BCUT2D eigenvalue weighted by Crippen LogP contribution is -2.11. The van der Waals surface area contributed by atoms with Gasteiger partial charge in [0.2, 0.25) is 0 Å². The maximum absolute atomic E-state index is 9.50. The number of nitrogens with one attached hydrogen (secondary N) is 1. The van der Waals surface area contributed by atoms with Gasteiger partial charge in [-0.2, -0.15) is 8.42 Å². The first-order chi connectivity index (χ1) is 4.42. The fourth-order valence-corrected chi connectivity index (χ4v) is 0.848. The van der Waals surface area contributed by atoms with Crippen molar-refractivity contribution >= 4 is 18.1 Å². The van der Waals surface area contributed by atoms with Crippen LogP contribution >= 0.6 is 7.83 Å². The lowest BCUT2D eigenvalue weighted by atomic mass is 13.0. The Morgan fingerprint density at radius 3 is 1.60 bits per heavy atom. The molecule has 0 aliphatic rings. The molecule has 0 heterocycles. The summed E-state index contributed by atoms with van der Waals surface area (Å²) in [5.74, 6) is 8.00. The van der Waals surface area contributed by atoms with Crippen molar-refractivity contribution in [2.45, 2.75) is 0 Å². The third kappa shape index (κ3) is 15.6. The van der Waals surface area contributed by atoms with E-state index in [1.54, 1.807) is 0 Å². The molecule has 0 aromatic heterocycles. The van der Waals surface area contributed by atoms with E-state index in [4.69, 9.17) is 4.55 Å². The summed E-state index contributed by atoms with van der Waals surface area (Å²) in [6.07, 6.45) is 0. The summed E-state index contributed by atoms with van der Waals surface area (Å²) in [6, 6.07) is 0. The van der Waals surface area contributed by atoms with Gasteiger partial charge in [0.1, 0.15) is 0 Å². The summed E-state index contributed by atoms with van der Waals surface area (Å²) < 4.78 is 46.3. The number of hydrogen-bond acceptors (Lipinski definition) is 6. The molecule has 0 rings (SSSR count). The molecular weight excluding hydrogens is 185 g/mol. The normalized spacial score (nSPS) is 9.50. The quantitative estimate of drug-likeness (QED) is 0.175. The van der Waals surface area contributed by atoms with Crippen molar-refractivity contribution in [2.24, 2.45) is 11.7 Å².